The van der Waals surface area contributed by atoms with Crippen LogP contribution in [0.25, 0.3) is 0 Å². The van der Waals surface area contributed by atoms with E-state index in [4.69, 9.17) is 0 Å². The van der Waals surface area contributed by atoms with E-state index in [0.29, 0.717) is 5.82 Å². The number of benzene rings is 1. The van der Waals surface area contributed by atoms with Crippen LogP contribution in [0.5, 0.6) is 5.75 Å². The van der Waals surface area contributed by atoms with E-state index in [9.17, 15) is 13.6 Å². The van der Waals surface area contributed by atoms with Gasteiger partial charge in [-0.1, -0.05) is 6.07 Å². The molecule has 7 heteroatoms. The highest BCUT2D eigenvalue weighted by atomic mass is 79.9. The van der Waals surface area contributed by atoms with Crippen LogP contribution in [0, 0.1) is 6.92 Å². The van der Waals surface area contributed by atoms with Gasteiger partial charge in [0, 0.05) is 16.2 Å². The molecule has 1 aromatic heterocycles. The highest BCUT2D eigenvalue weighted by molar-refractivity contribution is 9.10. The molecule has 0 aliphatic heterocycles. The SMILES string of the molecule is Cc1cc(NC(=O)c2cccc(OC(F)F)c2)ncc1Br. The van der Waals surface area contributed by atoms with Gasteiger partial charge in [-0.25, -0.2) is 4.98 Å². The summed E-state index contributed by atoms with van der Waals surface area (Å²) in [5.41, 5.74) is 1.12. The Hall–Kier alpha value is -2.02. The van der Waals surface area contributed by atoms with Crippen LogP contribution in [0.1, 0.15) is 15.9 Å². The number of rotatable bonds is 4. The summed E-state index contributed by atoms with van der Waals surface area (Å²) in [5.74, 6) is -0.151. The molecule has 4 nitrogen and oxygen atoms in total. The number of aromatic nitrogens is 1. The molecule has 1 amide bonds. The zero-order valence-electron chi connectivity index (χ0n) is 10.9. The van der Waals surface area contributed by atoms with Gasteiger partial charge in [0.15, 0.2) is 0 Å². The van der Waals surface area contributed by atoms with Crippen molar-refractivity contribution in [1.29, 1.82) is 0 Å². The first-order valence-electron chi connectivity index (χ1n) is 5.94. The summed E-state index contributed by atoms with van der Waals surface area (Å²) in [6, 6.07) is 7.26. The van der Waals surface area contributed by atoms with Gasteiger partial charge in [-0.15, -0.1) is 0 Å². The Balaban J connectivity index is 2.14. The molecule has 0 atom stereocenters. The van der Waals surface area contributed by atoms with Crippen LogP contribution < -0.4 is 10.1 Å². The van der Waals surface area contributed by atoms with Crippen LogP contribution in [0.15, 0.2) is 41.0 Å². The summed E-state index contributed by atoms with van der Waals surface area (Å²) in [5, 5.41) is 2.59. The minimum Gasteiger partial charge on any atom is -0.435 e. The average Bonchev–Trinajstić information content (AvgIpc) is 2.42. The van der Waals surface area contributed by atoms with Crippen LogP contribution >= 0.6 is 15.9 Å². The number of ether oxygens (including phenoxy) is 1. The number of nitrogens with zero attached hydrogens (tertiary/aromatic N) is 1. The molecule has 0 saturated carbocycles. The van der Waals surface area contributed by atoms with Crippen molar-refractivity contribution in [3.63, 3.8) is 0 Å². The first-order chi connectivity index (χ1) is 9.95. The van der Waals surface area contributed by atoms with Gasteiger partial charge >= 0.3 is 6.61 Å². The second-order valence-corrected chi connectivity index (χ2v) is 5.03. The third kappa shape index (κ3) is 4.22. The third-order valence-corrected chi connectivity index (χ3v) is 3.44. The summed E-state index contributed by atoms with van der Waals surface area (Å²) in [6.07, 6.45) is 1.57. The first-order valence-corrected chi connectivity index (χ1v) is 6.73. The number of carbonyl (C=O) groups is 1. The van der Waals surface area contributed by atoms with E-state index >= 15 is 0 Å². The van der Waals surface area contributed by atoms with Crippen molar-refractivity contribution in [2.75, 3.05) is 5.32 Å². The number of nitrogens with one attached hydrogen (secondary N) is 1. The normalized spacial score (nSPS) is 10.5. The molecular formula is C14H11BrF2N2O2. The van der Waals surface area contributed by atoms with Gasteiger partial charge in [0.05, 0.1) is 0 Å². The molecule has 0 saturated heterocycles. The van der Waals surface area contributed by atoms with Crippen LogP contribution in [0.4, 0.5) is 14.6 Å². The standard InChI is InChI=1S/C14H11BrF2N2O2/c1-8-5-12(18-7-11(8)15)19-13(20)9-3-2-4-10(6-9)21-14(16)17/h2-7,14H,1H3,(H,18,19,20). The van der Waals surface area contributed by atoms with Crippen molar-refractivity contribution in [2.24, 2.45) is 0 Å². The molecule has 21 heavy (non-hydrogen) atoms. The molecule has 2 aromatic rings. The lowest BCUT2D eigenvalue weighted by molar-refractivity contribution is -0.0498. The van der Waals surface area contributed by atoms with E-state index in [0.717, 1.165) is 10.0 Å². The second-order valence-electron chi connectivity index (χ2n) is 4.18. The fourth-order valence-corrected chi connectivity index (χ4v) is 1.83. The fraction of sp³-hybridized carbons (Fsp3) is 0.143. The van der Waals surface area contributed by atoms with Gasteiger partial charge in [-0.2, -0.15) is 8.78 Å². The van der Waals surface area contributed by atoms with E-state index < -0.39 is 12.5 Å². The smallest absolute Gasteiger partial charge is 0.387 e. The fourth-order valence-electron chi connectivity index (χ4n) is 1.61. The van der Waals surface area contributed by atoms with Crippen molar-refractivity contribution >= 4 is 27.7 Å². The molecule has 1 aromatic carbocycles. The van der Waals surface area contributed by atoms with Crippen LogP contribution in [-0.4, -0.2) is 17.5 Å². The Morgan fingerprint density at radius 2 is 2.14 bits per heavy atom. The molecule has 2 rings (SSSR count). The number of aryl methyl sites for hydroxylation is 1. The highest BCUT2D eigenvalue weighted by Gasteiger charge is 2.10. The molecule has 0 spiro atoms. The number of carbonyl (C=O) groups excluding carboxylic acids is 1. The highest BCUT2D eigenvalue weighted by Crippen LogP contribution is 2.19. The number of hydrogen-bond acceptors (Lipinski definition) is 3. The minimum absolute atomic E-state index is 0.0717. The number of anilines is 1. The number of alkyl halides is 2. The maximum atomic E-state index is 12.1. The van der Waals surface area contributed by atoms with Gasteiger partial charge in [-0.05, 0) is 52.7 Å². The van der Waals surface area contributed by atoms with E-state index in [-0.39, 0.29) is 11.3 Å². The lowest BCUT2D eigenvalue weighted by Crippen LogP contribution is -2.13. The topological polar surface area (TPSA) is 51.2 Å². The molecule has 110 valence electrons. The van der Waals surface area contributed by atoms with E-state index in [1.54, 1.807) is 12.3 Å². The number of halogens is 3. The lowest BCUT2D eigenvalue weighted by Gasteiger charge is -2.08. The maximum absolute atomic E-state index is 12.1. The monoisotopic (exact) mass is 356 g/mol. The third-order valence-electron chi connectivity index (χ3n) is 2.61. The van der Waals surface area contributed by atoms with Gasteiger partial charge in [0.25, 0.3) is 5.91 Å². The van der Waals surface area contributed by atoms with Gasteiger partial charge < -0.3 is 10.1 Å². The second kappa shape index (κ2) is 6.62. The Bertz CT molecular complexity index is 665. The molecule has 0 fully saturated rings. The van der Waals surface area contributed by atoms with Crippen molar-refractivity contribution in [3.8, 4) is 5.75 Å². The molecule has 0 unspecified atom stereocenters. The first kappa shape index (κ1) is 15.4. The van der Waals surface area contributed by atoms with Crippen molar-refractivity contribution in [2.45, 2.75) is 13.5 Å². The summed E-state index contributed by atoms with van der Waals surface area (Å²) in [7, 11) is 0. The van der Waals surface area contributed by atoms with Crippen molar-refractivity contribution < 1.29 is 18.3 Å². The Kier molecular flexibility index (Phi) is 4.85. The average molecular weight is 357 g/mol. The lowest BCUT2D eigenvalue weighted by atomic mass is 10.2. The molecule has 1 N–H and O–H groups in total. The van der Waals surface area contributed by atoms with E-state index in [1.165, 1.54) is 24.3 Å². The minimum atomic E-state index is -2.93. The van der Waals surface area contributed by atoms with Gasteiger partial charge in [0.2, 0.25) is 0 Å². The zero-order chi connectivity index (χ0) is 15.4. The quantitative estimate of drug-likeness (QED) is 0.900. The molecular weight excluding hydrogens is 346 g/mol. The predicted octanol–water partition coefficient (Wildman–Crippen LogP) is 4.01. The summed E-state index contributed by atoms with van der Waals surface area (Å²) in [4.78, 5) is 16.1. The van der Waals surface area contributed by atoms with E-state index in [1.807, 2.05) is 6.92 Å². The van der Waals surface area contributed by atoms with Crippen LogP contribution in [0.2, 0.25) is 0 Å². The Morgan fingerprint density at radius 3 is 2.81 bits per heavy atom. The number of pyridine rings is 1. The maximum Gasteiger partial charge on any atom is 0.387 e. The number of amides is 1. The summed E-state index contributed by atoms with van der Waals surface area (Å²) < 4.78 is 29.4. The molecule has 0 bridgehead atoms. The molecule has 0 radical (unpaired) electrons. The summed E-state index contributed by atoms with van der Waals surface area (Å²) in [6.45, 7) is -1.07. The molecule has 0 aliphatic rings. The van der Waals surface area contributed by atoms with Crippen LogP contribution in [-0.2, 0) is 0 Å². The Labute approximate surface area is 128 Å². The zero-order valence-corrected chi connectivity index (χ0v) is 12.5. The molecule has 0 aliphatic carbocycles. The number of hydrogen-bond donors (Lipinski definition) is 1. The largest absolute Gasteiger partial charge is 0.435 e. The predicted molar refractivity (Wildman–Crippen MR) is 77.7 cm³/mol. The van der Waals surface area contributed by atoms with Crippen molar-refractivity contribution in [3.05, 3.63) is 52.1 Å². The van der Waals surface area contributed by atoms with Gasteiger partial charge in [-0.3, -0.25) is 4.79 Å². The van der Waals surface area contributed by atoms with Crippen LogP contribution in [0.3, 0.4) is 0 Å². The van der Waals surface area contributed by atoms with E-state index in [2.05, 4.69) is 31.0 Å². The Morgan fingerprint density at radius 1 is 1.38 bits per heavy atom. The summed E-state index contributed by atoms with van der Waals surface area (Å²) >= 11 is 3.31. The van der Waals surface area contributed by atoms with Gasteiger partial charge in [0.1, 0.15) is 11.6 Å². The molecule has 1 heterocycles. The van der Waals surface area contributed by atoms with Crippen molar-refractivity contribution in [1.82, 2.24) is 4.98 Å².